The second kappa shape index (κ2) is 1.70. The van der Waals surface area contributed by atoms with Crippen LogP contribution in [0.25, 0.3) is 0 Å². The molecule has 3 rings (SSSR count). The van der Waals surface area contributed by atoms with E-state index in [2.05, 4.69) is 6.58 Å². The van der Waals surface area contributed by atoms with Crippen LogP contribution in [0.15, 0.2) is 12.2 Å². The molecule has 0 spiro atoms. The van der Waals surface area contributed by atoms with E-state index < -0.39 is 0 Å². The van der Waals surface area contributed by atoms with Crippen molar-refractivity contribution in [2.45, 2.75) is 31.1 Å². The van der Waals surface area contributed by atoms with Crippen molar-refractivity contribution in [3.05, 3.63) is 12.2 Å². The molecule has 2 nitrogen and oxygen atoms in total. The molecule has 2 saturated carbocycles. The van der Waals surface area contributed by atoms with Crippen LogP contribution in [0.3, 0.4) is 0 Å². The summed E-state index contributed by atoms with van der Waals surface area (Å²) in [7, 11) is 0. The average molecular weight is 151 g/mol. The van der Waals surface area contributed by atoms with Gasteiger partial charge in [0.15, 0.2) is 0 Å². The largest absolute Gasteiger partial charge is 0.368 e. The first kappa shape index (κ1) is 6.21. The molecule has 0 aromatic carbocycles. The molecule has 60 valence electrons. The number of fused-ring (bicyclic) bond motifs is 5. The fourth-order valence-electron chi connectivity index (χ4n) is 2.80. The van der Waals surface area contributed by atoms with Crippen molar-refractivity contribution < 1.29 is 4.74 Å². The molecule has 11 heavy (non-hydrogen) atoms. The number of nitrogens with two attached hydrogens (primary N) is 1. The van der Waals surface area contributed by atoms with Gasteiger partial charge in [0.2, 0.25) is 0 Å². The van der Waals surface area contributed by atoms with Crippen LogP contribution in [0.5, 0.6) is 0 Å². The van der Waals surface area contributed by atoms with E-state index in [4.69, 9.17) is 10.5 Å². The van der Waals surface area contributed by atoms with E-state index in [1.54, 1.807) is 0 Å². The first-order valence-corrected chi connectivity index (χ1v) is 4.37. The highest BCUT2D eigenvalue weighted by Crippen LogP contribution is 2.56. The summed E-state index contributed by atoms with van der Waals surface area (Å²) in [5.74, 6) is 1.21. The molecule has 0 amide bonds. The van der Waals surface area contributed by atoms with Crippen LogP contribution in [0.4, 0.5) is 0 Å². The Morgan fingerprint density at radius 1 is 1.27 bits per heavy atom. The Kier molecular flexibility index (Phi) is 0.958. The topological polar surface area (TPSA) is 38.5 Å². The minimum atomic E-state index is 0.409. The predicted molar refractivity (Wildman–Crippen MR) is 42.0 cm³/mol. The lowest BCUT2D eigenvalue weighted by atomic mass is 9.81. The lowest BCUT2D eigenvalue weighted by Gasteiger charge is -2.29. The molecule has 3 fully saturated rings. The Balaban J connectivity index is 1.95. The second-order valence-corrected chi connectivity index (χ2v) is 4.08. The van der Waals surface area contributed by atoms with Gasteiger partial charge in [-0.15, -0.1) is 0 Å². The summed E-state index contributed by atoms with van der Waals surface area (Å²) >= 11 is 0. The SMILES string of the molecule is C=C1[C@H]2CC(N)C[C@@H]1[C@H]1O[C@H]12. The normalized spacial score (nSPS) is 59.4. The minimum absolute atomic E-state index is 0.409. The monoisotopic (exact) mass is 151 g/mol. The van der Waals surface area contributed by atoms with Gasteiger partial charge in [0.05, 0.1) is 12.2 Å². The van der Waals surface area contributed by atoms with Crippen LogP contribution in [-0.2, 0) is 4.74 Å². The van der Waals surface area contributed by atoms with Crippen LogP contribution in [0.1, 0.15) is 12.8 Å². The quantitative estimate of drug-likeness (QED) is 0.408. The highest BCUT2D eigenvalue weighted by molar-refractivity contribution is 5.28. The molecule has 0 radical (unpaired) electrons. The van der Waals surface area contributed by atoms with Crippen LogP contribution in [0, 0.1) is 11.8 Å². The summed E-state index contributed by atoms with van der Waals surface area (Å²) in [4.78, 5) is 0. The summed E-state index contributed by atoms with van der Waals surface area (Å²) in [6, 6.07) is 0.409. The fourth-order valence-corrected chi connectivity index (χ4v) is 2.80. The number of rotatable bonds is 0. The number of hydrogen-bond acceptors (Lipinski definition) is 2. The van der Waals surface area contributed by atoms with E-state index >= 15 is 0 Å². The first-order valence-electron chi connectivity index (χ1n) is 4.37. The van der Waals surface area contributed by atoms with Gasteiger partial charge in [-0.2, -0.15) is 0 Å². The van der Waals surface area contributed by atoms with Gasteiger partial charge < -0.3 is 10.5 Å². The van der Waals surface area contributed by atoms with Gasteiger partial charge in [-0.25, -0.2) is 0 Å². The van der Waals surface area contributed by atoms with Crippen LogP contribution >= 0.6 is 0 Å². The molecule has 5 atom stereocenters. The zero-order chi connectivity index (χ0) is 7.59. The third kappa shape index (κ3) is 0.644. The number of epoxide rings is 1. The van der Waals surface area contributed by atoms with Gasteiger partial charge in [0.25, 0.3) is 0 Å². The van der Waals surface area contributed by atoms with E-state index in [1.165, 1.54) is 5.57 Å². The van der Waals surface area contributed by atoms with Crippen molar-refractivity contribution in [3.8, 4) is 0 Å². The van der Waals surface area contributed by atoms with E-state index in [0.717, 1.165) is 12.8 Å². The molecule has 1 saturated heterocycles. The van der Waals surface area contributed by atoms with E-state index in [-0.39, 0.29) is 0 Å². The molecule has 2 bridgehead atoms. The molecule has 2 heteroatoms. The van der Waals surface area contributed by atoms with Crippen molar-refractivity contribution in [2.24, 2.45) is 17.6 Å². The zero-order valence-corrected chi connectivity index (χ0v) is 6.49. The van der Waals surface area contributed by atoms with Crippen molar-refractivity contribution in [2.75, 3.05) is 0 Å². The molecule has 1 aliphatic heterocycles. The highest BCUT2D eigenvalue weighted by Gasteiger charge is 2.60. The third-order valence-electron chi connectivity index (χ3n) is 3.42. The Morgan fingerprint density at radius 3 is 2.36 bits per heavy atom. The van der Waals surface area contributed by atoms with Crippen molar-refractivity contribution >= 4 is 0 Å². The van der Waals surface area contributed by atoms with E-state index in [1.807, 2.05) is 0 Å². The molecule has 0 aromatic heterocycles. The van der Waals surface area contributed by atoms with Gasteiger partial charge in [0, 0.05) is 17.9 Å². The first-order chi connectivity index (χ1) is 5.27. The van der Waals surface area contributed by atoms with Gasteiger partial charge in [-0.05, 0) is 12.8 Å². The minimum Gasteiger partial charge on any atom is -0.368 e. The van der Waals surface area contributed by atoms with Crippen LogP contribution in [0.2, 0.25) is 0 Å². The van der Waals surface area contributed by atoms with E-state index in [0.29, 0.717) is 30.1 Å². The molecular formula is C9H13NO. The summed E-state index contributed by atoms with van der Waals surface area (Å²) in [5.41, 5.74) is 7.33. The fraction of sp³-hybridized carbons (Fsp3) is 0.778. The summed E-state index contributed by atoms with van der Waals surface area (Å²) in [5, 5.41) is 0. The summed E-state index contributed by atoms with van der Waals surface area (Å²) < 4.78 is 5.52. The zero-order valence-electron chi connectivity index (χ0n) is 6.49. The maximum Gasteiger partial charge on any atom is 0.0913 e. The summed E-state index contributed by atoms with van der Waals surface area (Å²) in [6.45, 7) is 4.12. The van der Waals surface area contributed by atoms with Crippen molar-refractivity contribution in [3.63, 3.8) is 0 Å². The Morgan fingerprint density at radius 2 is 1.82 bits per heavy atom. The summed E-state index contributed by atoms with van der Waals surface area (Å²) in [6.07, 6.45) is 3.24. The molecule has 2 N–H and O–H groups in total. The predicted octanol–water partition coefficient (Wildman–Crippen LogP) is 0.677. The van der Waals surface area contributed by atoms with Crippen LogP contribution < -0.4 is 5.73 Å². The lowest BCUT2D eigenvalue weighted by Crippen LogP contribution is -2.33. The van der Waals surface area contributed by atoms with Crippen molar-refractivity contribution in [1.29, 1.82) is 0 Å². The smallest absolute Gasteiger partial charge is 0.0913 e. The van der Waals surface area contributed by atoms with Gasteiger partial charge in [-0.1, -0.05) is 12.2 Å². The molecule has 3 aliphatic rings. The molecule has 1 heterocycles. The van der Waals surface area contributed by atoms with Gasteiger partial charge >= 0.3 is 0 Å². The number of ether oxygens (including phenoxy) is 1. The Labute approximate surface area is 66.4 Å². The third-order valence-corrected chi connectivity index (χ3v) is 3.42. The van der Waals surface area contributed by atoms with Gasteiger partial charge in [0.1, 0.15) is 0 Å². The Bertz CT molecular complexity index is 206. The van der Waals surface area contributed by atoms with Crippen molar-refractivity contribution in [1.82, 2.24) is 0 Å². The van der Waals surface area contributed by atoms with Gasteiger partial charge in [-0.3, -0.25) is 0 Å². The molecule has 1 unspecified atom stereocenters. The lowest BCUT2D eigenvalue weighted by molar-refractivity contribution is 0.214. The van der Waals surface area contributed by atoms with Crippen LogP contribution in [-0.4, -0.2) is 18.2 Å². The standard InChI is InChI=1S/C9H13NO/c1-4-6-2-5(10)3-7(4)9-8(6)11-9/h5-9H,1-3,10H2/t5?,6-,7+,8+,9-. The Hall–Kier alpha value is -0.340. The number of hydrogen-bond donors (Lipinski definition) is 1. The highest BCUT2D eigenvalue weighted by atomic mass is 16.6. The molecule has 2 aliphatic carbocycles. The average Bonchev–Trinajstić information content (AvgIpc) is 2.66. The maximum absolute atomic E-state index is 5.90. The van der Waals surface area contributed by atoms with E-state index in [9.17, 15) is 0 Å². The molecular weight excluding hydrogens is 138 g/mol. The maximum atomic E-state index is 5.90. The molecule has 0 aromatic rings. The second-order valence-electron chi connectivity index (χ2n) is 4.08.